The van der Waals surface area contributed by atoms with E-state index in [-0.39, 0.29) is 69.9 Å². The number of nitrogens with zero attached hydrogens (tertiary/aromatic N) is 1. The Labute approximate surface area is 477 Å². The SMILES string of the molecule is CCC(CC)(CC(COP(=O)(O)OC1CC(N2CC(C)C(=O)NC2=O)OC1COP(=O)(O)OC(CC)(CC)CC(CO)Cc1ccc2ccc3cccc4ccc1c2c34)CC1=CCC2(C)C=Cc3cccc4ccc1c2c34)OP(=O)([O-])O. The maximum atomic E-state index is 14.4. The molecule has 0 aromatic heterocycles. The zero-order valence-corrected chi connectivity index (χ0v) is 49.8. The van der Waals surface area contributed by atoms with Crippen LogP contribution in [0.3, 0.4) is 0 Å². The minimum Gasteiger partial charge on any atom is -0.756 e. The van der Waals surface area contributed by atoms with Gasteiger partial charge in [0.25, 0.3) is 7.82 Å². The highest BCUT2D eigenvalue weighted by Gasteiger charge is 2.49. The van der Waals surface area contributed by atoms with Crippen LogP contribution in [0.15, 0.2) is 97.1 Å². The van der Waals surface area contributed by atoms with Gasteiger partial charge in [-0.1, -0.05) is 145 Å². The molecule has 2 saturated heterocycles. The number of nitrogens with one attached hydrogen (secondary N) is 1. The van der Waals surface area contributed by atoms with Gasteiger partial charge in [0.2, 0.25) is 5.91 Å². The van der Waals surface area contributed by atoms with E-state index in [9.17, 15) is 48.0 Å². The number of aliphatic hydroxyl groups excluding tert-OH is 1. The number of aliphatic hydroxyl groups is 1. The highest BCUT2D eigenvalue weighted by Crippen LogP contribution is 2.55. The zero-order valence-electron chi connectivity index (χ0n) is 47.2. The van der Waals surface area contributed by atoms with Gasteiger partial charge in [0.05, 0.1) is 30.3 Å². The number of allylic oxidation sites excluding steroid dienone is 3. The molecule has 2 fully saturated rings. The van der Waals surface area contributed by atoms with Crippen molar-refractivity contribution in [2.24, 2.45) is 17.8 Å². The van der Waals surface area contributed by atoms with Crippen molar-refractivity contribution < 1.29 is 75.3 Å². The Hall–Kier alpha value is -4.71. The summed E-state index contributed by atoms with van der Waals surface area (Å²) in [6.07, 6.45) is 4.61. The molecule has 10 atom stereocenters. The number of benzene rings is 6. The van der Waals surface area contributed by atoms with Crippen LogP contribution < -0.4 is 10.2 Å². The molecule has 10 unspecified atom stereocenters. The molecule has 2 aliphatic heterocycles. The van der Waals surface area contributed by atoms with Crippen LogP contribution in [0.25, 0.3) is 54.7 Å². The molecule has 18 nitrogen and oxygen atoms in total. The number of ether oxygens (including phenoxy) is 1. The van der Waals surface area contributed by atoms with E-state index >= 15 is 0 Å². The number of hydrogen-bond donors (Lipinski definition) is 5. The van der Waals surface area contributed by atoms with Crippen LogP contribution in [0.5, 0.6) is 0 Å². The lowest BCUT2D eigenvalue weighted by Crippen LogP contribution is -2.57. The fraction of sp³-hybridized carbons (Fsp3) is 0.475. The summed E-state index contributed by atoms with van der Waals surface area (Å²) in [5, 5.41) is 22.1. The molecular formula is C61H74N2O16P3-. The molecule has 6 aromatic carbocycles. The zero-order chi connectivity index (χ0) is 58.6. The number of amides is 3. The maximum absolute atomic E-state index is 14.4. The summed E-state index contributed by atoms with van der Waals surface area (Å²) >= 11 is 0. The van der Waals surface area contributed by atoms with E-state index in [0.717, 1.165) is 70.9 Å². The second kappa shape index (κ2) is 23.6. The average molecular weight is 1180 g/mol. The molecule has 440 valence electrons. The second-order valence-electron chi connectivity index (χ2n) is 23.2. The van der Waals surface area contributed by atoms with Gasteiger partial charge >= 0.3 is 21.7 Å². The Morgan fingerprint density at radius 1 is 0.780 bits per heavy atom. The van der Waals surface area contributed by atoms with E-state index in [1.165, 1.54) is 4.90 Å². The van der Waals surface area contributed by atoms with Crippen molar-refractivity contribution in [1.82, 2.24) is 10.2 Å². The van der Waals surface area contributed by atoms with Gasteiger partial charge in [-0.25, -0.2) is 13.9 Å². The normalized spacial score (nSPS) is 24.2. The summed E-state index contributed by atoms with van der Waals surface area (Å²) in [7, 11) is -15.4. The van der Waals surface area contributed by atoms with Crippen molar-refractivity contribution in [1.29, 1.82) is 0 Å². The van der Waals surface area contributed by atoms with Crippen molar-refractivity contribution in [3.63, 3.8) is 0 Å². The number of phosphoric acid groups is 3. The van der Waals surface area contributed by atoms with Crippen LogP contribution in [0.1, 0.15) is 122 Å². The highest BCUT2D eigenvalue weighted by atomic mass is 31.2. The monoisotopic (exact) mass is 1180 g/mol. The van der Waals surface area contributed by atoms with Crippen molar-refractivity contribution in [3.8, 4) is 0 Å². The van der Waals surface area contributed by atoms with Crippen LogP contribution in [-0.4, -0.2) is 92.6 Å². The predicted octanol–water partition coefficient (Wildman–Crippen LogP) is 12.0. The number of rotatable bonds is 26. The largest absolute Gasteiger partial charge is 0.756 e. The molecule has 6 aromatic rings. The first kappa shape index (κ1) is 60.4. The van der Waals surface area contributed by atoms with Gasteiger partial charge in [-0.15, -0.1) is 0 Å². The molecule has 0 radical (unpaired) electrons. The smallest absolute Gasteiger partial charge is 0.472 e. The quantitative estimate of drug-likeness (QED) is 0.0250. The fourth-order valence-electron chi connectivity index (χ4n) is 13.3. The van der Waals surface area contributed by atoms with Gasteiger partial charge in [0.1, 0.15) is 18.4 Å². The van der Waals surface area contributed by atoms with Crippen LogP contribution in [0.2, 0.25) is 0 Å². The lowest BCUT2D eigenvalue weighted by atomic mass is 9.66. The van der Waals surface area contributed by atoms with E-state index in [1.54, 1.807) is 20.8 Å². The molecule has 0 bridgehead atoms. The van der Waals surface area contributed by atoms with E-state index in [4.69, 9.17) is 27.4 Å². The Bertz CT molecular complexity index is 3580. The van der Waals surface area contributed by atoms with Crippen molar-refractivity contribution >= 4 is 90.1 Å². The third-order valence-corrected chi connectivity index (χ3v) is 20.6. The highest BCUT2D eigenvalue weighted by molar-refractivity contribution is 7.47. The van der Waals surface area contributed by atoms with E-state index in [1.807, 2.05) is 26.0 Å². The second-order valence-corrected chi connectivity index (χ2v) is 27.1. The molecule has 4 aliphatic rings. The molecule has 0 saturated carbocycles. The molecule has 82 heavy (non-hydrogen) atoms. The van der Waals surface area contributed by atoms with Gasteiger partial charge in [0.15, 0.2) is 0 Å². The first-order valence-electron chi connectivity index (χ1n) is 28.5. The van der Waals surface area contributed by atoms with Crippen molar-refractivity contribution in [2.45, 2.75) is 141 Å². The molecule has 10 rings (SSSR count). The Morgan fingerprint density at radius 2 is 1.40 bits per heavy atom. The van der Waals surface area contributed by atoms with E-state index < -0.39 is 96.0 Å². The summed E-state index contributed by atoms with van der Waals surface area (Å²) in [5.74, 6) is -2.25. The molecule has 5 N–H and O–H groups in total. The topological polar surface area (TPSA) is 260 Å². The van der Waals surface area contributed by atoms with Crippen LogP contribution in [0, 0.1) is 17.8 Å². The van der Waals surface area contributed by atoms with Gasteiger partial charge < -0.3 is 33.9 Å². The number of carbonyl (C=O) groups is 2. The molecule has 21 heteroatoms. The van der Waals surface area contributed by atoms with Crippen LogP contribution in [-0.2, 0) is 57.7 Å². The van der Waals surface area contributed by atoms with Gasteiger partial charge in [-0.05, 0) is 141 Å². The fourth-order valence-corrected chi connectivity index (χ4v) is 16.3. The number of phosphoric ester groups is 3. The summed E-state index contributed by atoms with van der Waals surface area (Å²) in [6.45, 7) is 9.40. The summed E-state index contributed by atoms with van der Waals surface area (Å²) in [5.41, 5.74) is 2.14. The summed E-state index contributed by atoms with van der Waals surface area (Å²) in [4.78, 5) is 72.6. The molecular weight excluding hydrogens is 1110 g/mol. The standard InChI is InChI=1S/C61H75N2O16P3/c1-7-60(8-2,78-80(67,68)69)33-40(30-47-26-28-59(6)27-25-44-16-12-15-43-22-24-49(47)56(59)54(43)44)36-74-81(70,71)77-50-31-52(63-34-38(5)57(65)62-58(63)66)76-51(50)37-75-82(72,73)79-61(9-3,10-4)32-39(35-64)29-46-20-19-45-18-17-41-13-11-14-42-21-23-48(46)55(45)53(41)42/h11-27,38-40,50-52,64H,7-10,28-37H2,1-6H3,(H,70,71)(H,72,73)(H,62,65,66)(H2,67,68,69)/p-1. The number of urea groups is 1. The molecule has 3 amide bonds. The van der Waals surface area contributed by atoms with Gasteiger partial charge in [-0.3, -0.25) is 37.7 Å². The Morgan fingerprint density at radius 3 is 2.09 bits per heavy atom. The first-order valence-corrected chi connectivity index (χ1v) is 33.0. The van der Waals surface area contributed by atoms with Gasteiger partial charge in [-0.2, -0.15) is 0 Å². The minimum absolute atomic E-state index is 0.0244. The summed E-state index contributed by atoms with van der Waals surface area (Å²) in [6, 6.07) is 28.3. The minimum atomic E-state index is -5.27. The number of imide groups is 1. The van der Waals surface area contributed by atoms with Crippen molar-refractivity contribution in [2.75, 3.05) is 26.4 Å². The maximum Gasteiger partial charge on any atom is 0.472 e. The average Bonchev–Trinajstić information content (AvgIpc) is 4.00. The third kappa shape index (κ3) is 12.5. The number of carbonyl (C=O) groups excluding carboxylic acids is 2. The van der Waals surface area contributed by atoms with E-state index in [2.05, 4.69) is 103 Å². The van der Waals surface area contributed by atoms with Crippen molar-refractivity contribution in [3.05, 3.63) is 119 Å². The Balaban J connectivity index is 0.871. The lowest BCUT2D eigenvalue weighted by molar-refractivity contribution is -0.233. The number of hydrogen-bond acceptors (Lipinski definition) is 13. The van der Waals surface area contributed by atoms with Crippen LogP contribution in [0.4, 0.5) is 4.79 Å². The molecule has 0 spiro atoms. The van der Waals surface area contributed by atoms with Gasteiger partial charge in [0, 0.05) is 25.0 Å². The van der Waals surface area contributed by atoms with Crippen LogP contribution >= 0.6 is 23.5 Å². The van der Waals surface area contributed by atoms with E-state index in [0.29, 0.717) is 12.8 Å². The summed E-state index contributed by atoms with van der Waals surface area (Å²) < 4.78 is 76.2. The molecule has 2 aliphatic carbocycles. The first-order chi connectivity index (χ1) is 38.9. The molecule has 2 heterocycles. The lowest BCUT2D eigenvalue weighted by Gasteiger charge is -2.40. The predicted molar refractivity (Wildman–Crippen MR) is 312 cm³/mol. The Kier molecular flexibility index (Phi) is 17.4. The third-order valence-electron chi connectivity index (χ3n) is 17.9.